The Labute approximate surface area is 415 Å². The van der Waals surface area contributed by atoms with E-state index >= 15 is 0 Å². The van der Waals surface area contributed by atoms with Gasteiger partial charge >= 0.3 is 25.7 Å². The van der Waals surface area contributed by atoms with E-state index in [1.807, 2.05) is 0 Å². The monoisotopic (exact) mass is 979 g/mol. The maximum atomic E-state index is 12.9. The SMILES string of the molecule is CCC/C=C\C/C=C\CCCCCCCC(=O)OCC(COP(=O)(O)OCC(CO)OC(=O)CCCCCCC/C=C\C/C=C\CCC)OC(=O)CCCCCCC/C=C\CCCCCCCC. The van der Waals surface area contributed by atoms with Gasteiger partial charge in [0.15, 0.2) is 6.10 Å². The van der Waals surface area contributed by atoms with Crippen molar-refractivity contribution >= 4 is 25.7 Å². The first-order chi connectivity index (χ1) is 33.2. The highest BCUT2D eigenvalue weighted by Gasteiger charge is 2.28. The number of hydrogen-bond acceptors (Lipinski definition) is 10. The Balaban J connectivity index is 4.77. The van der Waals surface area contributed by atoms with Crippen molar-refractivity contribution in [1.29, 1.82) is 0 Å². The van der Waals surface area contributed by atoms with Gasteiger partial charge in [0, 0.05) is 19.3 Å². The zero-order valence-corrected chi connectivity index (χ0v) is 44.2. The zero-order chi connectivity index (χ0) is 49.9. The molecule has 0 aromatic rings. The molecule has 11 nitrogen and oxygen atoms in total. The lowest BCUT2D eigenvalue weighted by Gasteiger charge is -2.21. The summed E-state index contributed by atoms with van der Waals surface area (Å²) in [5, 5.41) is 9.78. The molecule has 0 rings (SSSR count). The van der Waals surface area contributed by atoms with Crippen LogP contribution >= 0.6 is 7.82 Å². The molecule has 2 N–H and O–H groups in total. The van der Waals surface area contributed by atoms with E-state index in [1.54, 1.807) is 0 Å². The highest BCUT2D eigenvalue weighted by molar-refractivity contribution is 7.47. The number of carbonyl (C=O) groups is 3. The topological polar surface area (TPSA) is 155 Å². The van der Waals surface area contributed by atoms with E-state index < -0.39 is 57.8 Å². The fourth-order valence-electron chi connectivity index (χ4n) is 7.19. The molecule has 0 aromatic heterocycles. The number of rotatable bonds is 50. The summed E-state index contributed by atoms with van der Waals surface area (Å²) in [6, 6.07) is 0. The van der Waals surface area contributed by atoms with E-state index in [2.05, 4.69) is 81.5 Å². The summed E-state index contributed by atoms with van der Waals surface area (Å²) in [5.74, 6) is -1.50. The van der Waals surface area contributed by atoms with E-state index in [0.29, 0.717) is 19.3 Å². The minimum Gasteiger partial charge on any atom is -0.462 e. The summed E-state index contributed by atoms with van der Waals surface area (Å²) in [6.45, 7) is 4.47. The minimum absolute atomic E-state index is 0.153. The third-order valence-electron chi connectivity index (χ3n) is 11.3. The van der Waals surface area contributed by atoms with Gasteiger partial charge in [0.05, 0.1) is 19.8 Å². The standard InChI is InChI=1S/C56H99O11P/c1-4-7-10-13-16-19-22-25-26-29-32-35-38-41-44-47-56(60)67-53(49-63-54(58)45-42-39-36-33-30-27-23-20-17-14-11-8-5-2)51-65-68(61,62)64-50-52(48-57)66-55(59)46-43-40-37-34-31-28-24-21-18-15-12-9-6-3/h11-12,14-15,20-21,23-26,52-53,57H,4-10,13,16-19,22,27-51H2,1-3H3,(H,61,62)/b14-11-,15-12-,23-20-,24-21-,26-25-. The van der Waals surface area contributed by atoms with Gasteiger partial charge < -0.3 is 24.2 Å². The first-order valence-corrected chi connectivity index (χ1v) is 28.7. The molecule has 0 saturated heterocycles. The minimum atomic E-state index is -4.75. The smallest absolute Gasteiger partial charge is 0.462 e. The van der Waals surface area contributed by atoms with Gasteiger partial charge in [0.25, 0.3) is 0 Å². The van der Waals surface area contributed by atoms with Gasteiger partial charge in [-0.25, -0.2) is 4.57 Å². The predicted molar refractivity (Wildman–Crippen MR) is 279 cm³/mol. The second kappa shape index (κ2) is 50.6. The Morgan fingerprint density at radius 3 is 1.16 bits per heavy atom. The molecule has 0 aliphatic carbocycles. The maximum absolute atomic E-state index is 12.9. The van der Waals surface area contributed by atoms with Gasteiger partial charge in [-0.3, -0.25) is 23.4 Å². The molecular weight excluding hydrogens is 880 g/mol. The number of esters is 3. The van der Waals surface area contributed by atoms with E-state index in [9.17, 15) is 28.9 Å². The van der Waals surface area contributed by atoms with Gasteiger partial charge in [0.1, 0.15) is 12.7 Å². The van der Waals surface area contributed by atoms with Crippen LogP contribution in [0.25, 0.3) is 0 Å². The molecule has 0 aliphatic heterocycles. The normalized spacial score (nSPS) is 13.9. The summed E-state index contributed by atoms with van der Waals surface area (Å²) in [4.78, 5) is 48.4. The average molecular weight is 979 g/mol. The van der Waals surface area contributed by atoms with Crippen LogP contribution in [-0.4, -0.2) is 66.5 Å². The molecule has 0 aliphatic rings. The highest BCUT2D eigenvalue weighted by Crippen LogP contribution is 2.43. The lowest BCUT2D eigenvalue weighted by molar-refractivity contribution is -0.161. The molecule has 12 heteroatoms. The Morgan fingerprint density at radius 2 is 0.750 bits per heavy atom. The number of carbonyl (C=O) groups excluding carboxylic acids is 3. The number of unbranched alkanes of at least 4 members (excludes halogenated alkanes) is 23. The number of aliphatic hydroxyl groups is 1. The van der Waals surface area contributed by atoms with Crippen LogP contribution in [0.1, 0.15) is 239 Å². The molecule has 0 spiro atoms. The van der Waals surface area contributed by atoms with E-state index in [0.717, 1.165) is 128 Å². The van der Waals surface area contributed by atoms with Gasteiger partial charge in [-0.15, -0.1) is 0 Å². The Hall–Kier alpha value is -2.82. The van der Waals surface area contributed by atoms with Gasteiger partial charge in [-0.1, -0.05) is 184 Å². The second-order valence-corrected chi connectivity index (χ2v) is 19.5. The van der Waals surface area contributed by atoms with Crippen LogP contribution < -0.4 is 0 Å². The van der Waals surface area contributed by atoms with Crippen molar-refractivity contribution in [3.63, 3.8) is 0 Å². The van der Waals surface area contributed by atoms with Crippen LogP contribution in [0, 0.1) is 0 Å². The molecule has 0 radical (unpaired) electrons. The van der Waals surface area contributed by atoms with Crippen molar-refractivity contribution in [3.05, 3.63) is 60.8 Å². The lowest BCUT2D eigenvalue weighted by Crippen LogP contribution is -2.30. The van der Waals surface area contributed by atoms with Crippen LogP contribution in [-0.2, 0) is 42.2 Å². The fraction of sp³-hybridized carbons (Fsp3) is 0.768. The molecule has 0 amide bonds. The number of aliphatic hydroxyl groups excluding tert-OH is 1. The number of ether oxygens (including phenoxy) is 3. The molecule has 0 aromatic carbocycles. The summed E-state index contributed by atoms with van der Waals surface area (Å²) in [6.07, 6.45) is 53.2. The van der Waals surface area contributed by atoms with Crippen molar-refractivity contribution in [2.45, 2.75) is 251 Å². The van der Waals surface area contributed by atoms with Crippen molar-refractivity contribution in [1.82, 2.24) is 0 Å². The number of phosphoric ester groups is 1. The summed E-state index contributed by atoms with van der Waals surface area (Å²) >= 11 is 0. The fourth-order valence-corrected chi connectivity index (χ4v) is 7.97. The molecule has 0 fully saturated rings. The molecular formula is C56H99O11P. The Kier molecular flexibility index (Phi) is 48.5. The van der Waals surface area contributed by atoms with Crippen LogP contribution in [0.2, 0.25) is 0 Å². The largest absolute Gasteiger partial charge is 0.472 e. The van der Waals surface area contributed by atoms with Crippen molar-refractivity contribution < 1.29 is 52.2 Å². The third kappa shape index (κ3) is 48.2. The van der Waals surface area contributed by atoms with Gasteiger partial charge in [-0.2, -0.15) is 0 Å². The number of allylic oxidation sites excluding steroid dienone is 10. The first kappa shape index (κ1) is 65.2. The van der Waals surface area contributed by atoms with Crippen molar-refractivity contribution in [2.24, 2.45) is 0 Å². The molecule has 0 bridgehead atoms. The highest BCUT2D eigenvalue weighted by atomic mass is 31.2. The third-order valence-corrected chi connectivity index (χ3v) is 12.3. The molecule has 0 heterocycles. The van der Waals surface area contributed by atoms with Crippen molar-refractivity contribution in [2.75, 3.05) is 26.4 Å². The van der Waals surface area contributed by atoms with Crippen LogP contribution in [0.4, 0.5) is 0 Å². The predicted octanol–water partition coefficient (Wildman–Crippen LogP) is 15.6. The van der Waals surface area contributed by atoms with Crippen molar-refractivity contribution in [3.8, 4) is 0 Å². The first-order valence-electron chi connectivity index (χ1n) is 27.2. The molecule has 394 valence electrons. The summed E-state index contributed by atoms with van der Waals surface area (Å²) < 4.78 is 39.4. The van der Waals surface area contributed by atoms with Gasteiger partial charge in [-0.05, 0) is 96.3 Å². The second-order valence-electron chi connectivity index (χ2n) is 18.0. The molecule has 68 heavy (non-hydrogen) atoms. The van der Waals surface area contributed by atoms with E-state index in [4.69, 9.17) is 23.3 Å². The quantitative estimate of drug-likeness (QED) is 0.0197. The van der Waals surface area contributed by atoms with Gasteiger partial charge in [0.2, 0.25) is 0 Å². The summed E-state index contributed by atoms with van der Waals surface area (Å²) in [7, 11) is -4.75. The van der Waals surface area contributed by atoms with Crippen LogP contribution in [0.15, 0.2) is 60.8 Å². The lowest BCUT2D eigenvalue weighted by atomic mass is 10.1. The average Bonchev–Trinajstić information content (AvgIpc) is 3.32. The van der Waals surface area contributed by atoms with E-state index in [-0.39, 0.29) is 25.9 Å². The molecule has 3 unspecified atom stereocenters. The summed E-state index contributed by atoms with van der Waals surface area (Å²) in [5.41, 5.74) is 0. The number of phosphoric acid groups is 1. The Bertz CT molecular complexity index is 1370. The number of hydrogen-bond donors (Lipinski definition) is 2. The Morgan fingerprint density at radius 1 is 0.412 bits per heavy atom. The van der Waals surface area contributed by atoms with Crippen LogP contribution in [0.5, 0.6) is 0 Å². The zero-order valence-electron chi connectivity index (χ0n) is 43.3. The molecule has 0 saturated carbocycles. The maximum Gasteiger partial charge on any atom is 0.472 e. The van der Waals surface area contributed by atoms with Crippen LogP contribution in [0.3, 0.4) is 0 Å². The molecule has 3 atom stereocenters. The van der Waals surface area contributed by atoms with E-state index in [1.165, 1.54) is 51.4 Å².